The maximum Gasteiger partial charge on any atom is 0.474 e. The quantitative estimate of drug-likeness (QED) is 0.107. The van der Waals surface area contributed by atoms with E-state index in [0.717, 1.165) is 32.1 Å². The van der Waals surface area contributed by atoms with Gasteiger partial charge in [0.25, 0.3) is 0 Å². The molecular formula is C23H45O6PS2. The van der Waals surface area contributed by atoms with Crippen molar-refractivity contribution >= 4 is 41.6 Å². The minimum absolute atomic E-state index is 0.0309. The van der Waals surface area contributed by atoms with Gasteiger partial charge in [-0.3, -0.25) is 23.2 Å². The highest BCUT2D eigenvalue weighted by Crippen LogP contribution is 2.48. The first-order chi connectivity index (χ1) is 15.4. The van der Waals surface area contributed by atoms with Crippen molar-refractivity contribution in [1.29, 1.82) is 0 Å². The summed E-state index contributed by atoms with van der Waals surface area (Å²) < 4.78 is 27.2. The molecule has 0 aliphatic carbocycles. The largest absolute Gasteiger partial charge is 0.474 e. The standard InChI is InChI=1S/C23H45O6PS2/c1-5-7-9-11-13-15-17-22(24)31-20-21(19-29-30(26,27-3)28-4)32-23(25)18-16-14-12-10-8-6-2/h21H,5-20H2,1-4H3/t21-/m0/s1. The predicted molar refractivity (Wildman–Crippen MR) is 137 cm³/mol. The Morgan fingerprint density at radius 3 is 1.72 bits per heavy atom. The van der Waals surface area contributed by atoms with Crippen LogP contribution in [0.25, 0.3) is 0 Å². The maximum atomic E-state index is 12.4. The van der Waals surface area contributed by atoms with E-state index in [-0.39, 0.29) is 22.1 Å². The molecule has 0 N–H and O–H groups in total. The third kappa shape index (κ3) is 18.6. The summed E-state index contributed by atoms with van der Waals surface area (Å²) in [6.45, 7) is 4.41. The molecule has 0 aromatic rings. The first-order valence-electron chi connectivity index (χ1n) is 12.1. The first-order valence-corrected chi connectivity index (χ1v) is 15.4. The van der Waals surface area contributed by atoms with Gasteiger partial charge < -0.3 is 0 Å². The third-order valence-electron chi connectivity index (χ3n) is 5.06. The Labute approximate surface area is 204 Å². The smallest absolute Gasteiger partial charge is 0.290 e. The highest BCUT2D eigenvalue weighted by Gasteiger charge is 2.26. The first kappa shape index (κ1) is 32.1. The molecule has 0 spiro atoms. The van der Waals surface area contributed by atoms with Crippen LogP contribution in [0.2, 0.25) is 0 Å². The SMILES string of the molecule is CCCCCCCCC(=O)SC[C@H](COP(=O)(OC)OC)SC(=O)CCCCCCCC. The lowest BCUT2D eigenvalue weighted by Crippen LogP contribution is -2.18. The summed E-state index contributed by atoms with van der Waals surface area (Å²) in [4.78, 5) is 24.7. The van der Waals surface area contributed by atoms with Gasteiger partial charge in [0.15, 0.2) is 10.2 Å². The van der Waals surface area contributed by atoms with E-state index < -0.39 is 7.82 Å². The molecule has 0 aromatic carbocycles. The summed E-state index contributed by atoms with van der Waals surface area (Å²) in [5.74, 6) is 0.439. The monoisotopic (exact) mass is 512 g/mol. The third-order valence-corrected chi connectivity index (χ3v) is 8.83. The van der Waals surface area contributed by atoms with Gasteiger partial charge in [0.2, 0.25) is 0 Å². The molecule has 0 aliphatic heterocycles. The number of carbonyl (C=O) groups is 2. The van der Waals surface area contributed by atoms with Crippen molar-refractivity contribution in [2.45, 2.75) is 109 Å². The second kappa shape index (κ2) is 21.7. The van der Waals surface area contributed by atoms with Gasteiger partial charge in [0.05, 0.1) is 6.61 Å². The van der Waals surface area contributed by atoms with E-state index in [1.807, 2.05) is 0 Å². The summed E-state index contributed by atoms with van der Waals surface area (Å²) in [6, 6.07) is 0. The van der Waals surface area contributed by atoms with Gasteiger partial charge in [0.1, 0.15) is 0 Å². The van der Waals surface area contributed by atoms with E-state index in [0.29, 0.717) is 18.6 Å². The van der Waals surface area contributed by atoms with Crippen LogP contribution < -0.4 is 0 Å². The van der Waals surface area contributed by atoms with Crippen molar-refractivity contribution in [3.8, 4) is 0 Å². The van der Waals surface area contributed by atoms with Crippen LogP contribution in [0.5, 0.6) is 0 Å². The molecule has 0 radical (unpaired) electrons. The topological polar surface area (TPSA) is 78.9 Å². The molecule has 0 rings (SSSR count). The van der Waals surface area contributed by atoms with E-state index in [9.17, 15) is 14.2 Å². The minimum Gasteiger partial charge on any atom is -0.290 e. The molecule has 0 saturated heterocycles. The van der Waals surface area contributed by atoms with Crippen LogP contribution >= 0.6 is 31.3 Å². The summed E-state index contributed by atoms with van der Waals surface area (Å²) in [6.07, 6.45) is 14.7. The average molecular weight is 513 g/mol. The van der Waals surface area contributed by atoms with Crippen molar-refractivity contribution in [1.82, 2.24) is 0 Å². The van der Waals surface area contributed by atoms with Crippen LogP contribution in [0.1, 0.15) is 104 Å². The lowest BCUT2D eigenvalue weighted by Gasteiger charge is -2.18. The Morgan fingerprint density at radius 2 is 1.22 bits per heavy atom. The molecule has 1 atom stereocenters. The second-order valence-electron chi connectivity index (χ2n) is 7.94. The zero-order valence-corrected chi connectivity index (χ0v) is 23.1. The molecule has 0 heterocycles. The zero-order valence-electron chi connectivity index (χ0n) is 20.6. The Hall–Kier alpha value is 0.150. The zero-order chi connectivity index (χ0) is 24.1. The molecular weight excluding hydrogens is 467 g/mol. The number of rotatable bonds is 22. The van der Waals surface area contributed by atoms with Crippen molar-refractivity contribution in [2.24, 2.45) is 0 Å². The van der Waals surface area contributed by atoms with Crippen LogP contribution in [-0.2, 0) is 27.7 Å². The summed E-state index contributed by atoms with van der Waals surface area (Å²) in [5, 5.41) is -0.0569. The molecule has 0 saturated carbocycles. The van der Waals surface area contributed by atoms with Gasteiger partial charge in [-0.2, -0.15) is 0 Å². The van der Waals surface area contributed by atoms with Crippen LogP contribution in [-0.4, -0.2) is 42.1 Å². The average Bonchev–Trinajstić information content (AvgIpc) is 2.80. The van der Waals surface area contributed by atoms with E-state index in [4.69, 9.17) is 13.6 Å². The summed E-state index contributed by atoms with van der Waals surface area (Å²) >= 11 is 2.42. The Morgan fingerprint density at radius 1 is 0.750 bits per heavy atom. The van der Waals surface area contributed by atoms with Crippen LogP contribution in [0.3, 0.4) is 0 Å². The van der Waals surface area contributed by atoms with Crippen LogP contribution in [0.4, 0.5) is 0 Å². The van der Waals surface area contributed by atoms with Gasteiger partial charge in [-0.05, 0) is 12.8 Å². The molecule has 190 valence electrons. The predicted octanol–water partition coefficient (Wildman–Crippen LogP) is 7.79. The van der Waals surface area contributed by atoms with Crippen molar-refractivity contribution in [2.75, 3.05) is 26.6 Å². The highest BCUT2D eigenvalue weighted by molar-refractivity contribution is 8.17. The summed E-state index contributed by atoms with van der Waals surface area (Å²) in [5.41, 5.74) is 0. The van der Waals surface area contributed by atoms with Gasteiger partial charge >= 0.3 is 7.82 Å². The van der Waals surface area contributed by atoms with Crippen molar-refractivity contribution in [3.05, 3.63) is 0 Å². The van der Waals surface area contributed by atoms with Gasteiger partial charge in [0, 0.05) is 38.1 Å². The fraction of sp³-hybridized carbons (Fsp3) is 0.913. The summed E-state index contributed by atoms with van der Waals surface area (Å²) in [7, 11) is -1.10. The van der Waals surface area contributed by atoms with E-state index in [1.54, 1.807) is 0 Å². The minimum atomic E-state index is -3.61. The molecule has 0 amide bonds. The number of phosphoric acid groups is 1. The van der Waals surface area contributed by atoms with Gasteiger partial charge in [-0.1, -0.05) is 102 Å². The van der Waals surface area contributed by atoms with E-state index >= 15 is 0 Å². The lowest BCUT2D eigenvalue weighted by atomic mass is 10.1. The van der Waals surface area contributed by atoms with E-state index in [2.05, 4.69) is 13.8 Å². The number of hydrogen-bond donors (Lipinski definition) is 0. The fourth-order valence-corrected chi connectivity index (χ4v) is 5.90. The van der Waals surface area contributed by atoms with Gasteiger partial charge in [-0.25, -0.2) is 4.57 Å². The number of phosphoric ester groups is 1. The number of thioether (sulfide) groups is 2. The van der Waals surface area contributed by atoms with E-state index in [1.165, 1.54) is 82.7 Å². The molecule has 0 fully saturated rings. The van der Waals surface area contributed by atoms with Gasteiger partial charge in [-0.15, -0.1) is 0 Å². The number of carbonyl (C=O) groups excluding carboxylic acids is 2. The molecule has 0 unspecified atom stereocenters. The maximum absolute atomic E-state index is 12.4. The van der Waals surface area contributed by atoms with Crippen molar-refractivity contribution < 1.29 is 27.7 Å². The Bertz CT molecular complexity index is 525. The van der Waals surface area contributed by atoms with Crippen LogP contribution in [0, 0.1) is 0 Å². The molecule has 32 heavy (non-hydrogen) atoms. The Balaban J connectivity index is 4.43. The molecule has 0 aliphatic rings. The highest BCUT2D eigenvalue weighted by atomic mass is 32.2. The van der Waals surface area contributed by atoms with Crippen molar-refractivity contribution in [3.63, 3.8) is 0 Å². The second-order valence-corrected chi connectivity index (χ2v) is 12.3. The molecule has 6 nitrogen and oxygen atoms in total. The molecule has 9 heteroatoms. The fourth-order valence-electron chi connectivity index (χ4n) is 3.07. The lowest BCUT2D eigenvalue weighted by molar-refractivity contribution is -0.112. The Kier molecular flexibility index (Phi) is 21.8. The number of hydrogen-bond acceptors (Lipinski definition) is 8. The number of unbranched alkanes of at least 4 members (excludes halogenated alkanes) is 10. The normalized spacial score (nSPS) is 12.8. The molecule has 0 bridgehead atoms. The molecule has 0 aromatic heterocycles. The van der Waals surface area contributed by atoms with Crippen LogP contribution in [0.15, 0.2) is 0 Å².